The van der Waals surface area contributed by atoms with Crippen molar-refractivity contribution in [1.82, 2.24) is 10.1 Å². The Morgan fingerprint density at radius 1 is 1.32 bits per heavy atom. The number of nitrogens with zero attached hydrogens (tertiary/aromatic N) is 2. The van der Waals surface area contributed by atoms with Gasteiger partial charge in [0.1, 0.15) is 0 Å². The summed E-state index contributed by atoms with van der Waals surface area (Å²) in [5, 5.41) is 13.9. The van der Waals surface area contributed by atoms with Gasteiger partial charge in [0.15, 0.2) is 0 Å². The van der Waals surface area contributed by atoms with E-state index in [9.17, 15) is 5.11 Å². The van der Waals surface area contributed by atoms with Crippen molar-refractivity contribution in [2.24, 2.45) is 0 Å². The summed E-state index contributed by atoms with van der Waals surface area (Å²) in [5.74, 6) is 0.704. The van der Waals surface area contributed by atoms with E-state index in [-0.39, 0.29) is 5.92 Å². The monoisotopic (exact) mass is 324 g/mol. The van der Waals surface area contributed by atoms with Gasteiger partial charge in [-0.3, -0.25) is 0 Å². The molecule has 1 fully saturated rings. The van der Waals surface area contributed by atoms with Crippen LogP contribution in [-0.2, 0) is 4.74 Å². The number of aromatic nitrogens is 2. The Hall–Kier alpha value is -1.24. The maximum Gasteiger partial charge on any atom is 0.235 e. The van der Waals surface area contributed by atoms with Gasteiger partial charge >= 0.3 is 0 Å². The summed E-state index contributed by atoms with van der Waals surface area (Å²) in [5.41, 5.74) is 0.865. The van der Waals surface area contributed by atoms with Gasteiger partial charge in [-0.1, -0.05) is 33.2 Å². The van der Waals surface area contributed by atoms with Gasteiger partial charge in [-0.2, -0.15) is 4.98 Å². The number of benzene rings is 1. The Labute approximate surface area is 118 Å². The SMILES string of the molecule is OC1CCOCC1c1nc(-c2ccccc2Br)no1. The molecule has 3 rings (SSSR count). The maximum atomic E-state index is 9.94. The van der Waals surface area contributed by atoms with Gasteiger partial charge in [-0.05, 0) is 18.6 Å². The molecule has 1 aliphatic heterocycles. The zero-order valence-corrected chi connectivity index (χ0v) is 11.7. The fraction of sp³-hybridized carbons (Fsp3) is 0.385. The van der Waals surface area contributed by atoms with Gasteiger partial charge in [0, 0.05) is 16.6 Å². The van der Waals surface area contributed by atoms with Crippen LogP contribution in [0.15, 0.2) is 33.3 Å². The molecule has 0 bridgehead atoms. The first-order valence-electron chi connectivity index (χ1n) is 6.10. The molecule has 1 saturated heterocycles. The second-order valence-electron chi connectivity index (χ2n) is 4.47. The highest BCUT2D eigenvalue weighted by Gasteiger charge is 2.30. The van der Waals surface area contributed by atoms with E-state index in [2.05, 4.69) is 26.1 Å². The lowest BCUT2D eigenvalue weighted by atomic mass is 9.99. The van der Waals surface area contributed by atoms with Gasteiger partial charge in [0.25, 0.3) is 0 Å². The molecule has 1 aromatic carbocycles. The zero-order chi connectivity index (χ0) is 13.2. The van der Waals surface area contributed by atoms with Crippen LogP contribution in [0, 0.1) is 0 Å². The molecule has 2 atom stereocenters. The summed E-state index contributed by atoms with van der Waals surface area (Å²) in [6.45, 7) is 0.988. The summed E-state index contributed by atoms with van der Waals surface area (Å²) in [7, 11) is 0. The highest BCUT2D eigenvalue weighted by molar-refractivity contribution is 9.10. The molecule has 100 valence electrons. The number of ether oxygens (including phenoxy) is 1. The lowest BCUT2D eigenvalue weighted by Gasteiger charge is -2.24. The lowest BCUT2D eigenvalue weighted by Crippen LogP contribution is -2.30. The van der Waals surface area contributed by atoms with Gasteiger partial charge in [0.2, 0.25) is 11.7 Å². The molecule has 1 aromatic heterocycles. The first-order chi connectivity index (χ1) is 9.25. The van der Waals surface area contributed by atoms with Crippen molar-refractivity contribution in [3.63, 3.8) is 0 Å². The minimum Gasteiger partial charge on any atom is -0.392 e. The average molecular weight is 325 g/mol. The second kappa shape index (κ2) is 5.40. The number of aliphatic hydroxyl groups excluding tert-OH is 1. The molecule has 2 aromatic rings. The van der Waals surface area contributed by atoms with Gasteiger partial charge in [-0.15, -0.1) is 0 Å². The topological polar surface area (TPSA) is 68.4 Å². The van der Waals surface area contributed by atoms with E-state index in [0.29, 0.717) is 31.3 Å². The van der Waals surface area contributed by atoms with Crippen molar-refractivity contribution < 1.29 is 14.4 Å². The first-order valence-corrected chi connectivity index (χ1v) is 6.89. The minimum absolute atomic E-state index is 0.238. The Morgan fingerprint density at radius 3 is 2.95 bits per heavy atom. The number of aliphatic hydroxyl groups is 1. The summed E-state index contributed by atoms with van der Waals surface area (Å²) in [6.07, 6.45) is 0.110. The molecule has 1 aliphatic rings. The highest BCUT2D eigenvalue weighted by Crippen LogP contribution is 2.29. The summed E-state index contributed by atoms with van der Waals surface area (Å²) < 4.78 is 11.5. The molecule has 5 nitrogen and oxygen atoms in total. The minimum atomic E-state index is -0.485. The van der Waals surface area contributed by atoms with Gasteiger partial charge in [0.05, 0.1) is 18.6 Å². The number of hydrogen-bond donors (Lipinski definition) is 1. The highest BCUT2D eigenvalue weighted by atomic mass is 79.9. The third-order valence-corrected chi connectivity index (χ3v) is 3.89. The zero-order valence-electron chi connectivity index (χ0n) is 10.1. The van der Waals surface area contributed by atoms with E-state index in [4.69, 9.17) is 9.26 Å². The van der Waals surface area contributed by atoms with Crippen LogP contribution in [0.3, 0.4) is 0 Å². The number of halogens is 1. The first kappa shape index (κ1) is 12.8. The van der Waals surface area contributed by atoms with Crippen LogP contribution in [0.4, 0.5) is 0 Å². The molecular weight excluding hydrogens is 312 g/mol. The maximum absolute atomic E-state index is 9.94. The van der Waals surface area contributed by atoms with Crippen LogP contribution in [0.2, 0.25) is 0 Å². The molecule has 0 aliphatic carbocycles. The molecule has 2 heterocycles. The van der Waals surface area contributed by atoms with E-state index in [0.717, 1.165) is 10.0 Å². The largest absolute Gasteiger partial charge is 0.392 e. The molecule has 1 N–H and O–H groups in total. The Balaban J connectivity index is 1.89. The number of hydrogen-bond acceptors (Lipinski definition) is 5. The predicted molar refractivity (Wildman–Crippen MR) is 71.6 cm³/mol. The van der Waals surface area contributed by atoms with Crippen molar-refractivity contribution in [3.8, 4) is 11.4 Å². The van der Waals surface area contributed by atoms with Crippen molar-refractivity contribution in [3.05, 3.63) is 34.6 Å². The normalized spacial score (nSPS) is 23.5. The lowest BCUT2D eigenvalue weighted by molar-refractivity contribution is -0.0149. The van der Waals surface area contributed by atoms with E-state index in [1.54, 1.807) is 0 Å². The third-order valence-electron chi connectivity index (χ3n) is 3.19. The van der Waals surface area contributed by atoms with Crippen molar-refractivity contribution >= 4 is 15.9 Å². The molecule has 0 radical (unpaired) electrons. The quantitative estimate of drug-likeness (QED) is 0.918. The fourth-order valence-corrected chi connectivity index (χ4v) is 2.56. The molecule has 0 saturated carbocycles. The summed E-state index contributed by atoms with van der Waals surface area (Å²) >= 11 is 3.45. The Morgan fingerprint density at radius 2 is 2.16 bits per heavy atom. The van der Waals surface area contributed by atoms with Crippen LogP contribution < -0.4 is 0 Å². The van der Waals surface area contributed by atoms with E-state index in [1.807, 2.05) is 24.3 Å². The Bertz CT molecular complexity index is 573. The van der Waals surface area contributed by atoms with Crippen LogP contribution in [0.1, 0.15) is 18.2 Å². The smallest absolute Gasteiger partial charge is 0.235 e. The summed E-state index contributed by atoms with van der Waals surface area (Å²) in [6, 6.07) is 7.67. The van der Waals surface area contributed by atoms with Crippen LogP contribution >= 0.6 is 15.9 Å². The molecule has 2 unspecified atom stereocenters. The molecule has 0 amide bonds. The standard InChI is InChI=1S/C13H13BrN2O3/c14-10-4-2-1-3-8(10)12-15-13(19-16-12)9-7-18-6-5-11(9)17/h1-4,9,11,17H,5-7H2. The van der Waals surface area contributed by atoms with Gasteiger partial charge in [-0.25, -0.2) is 0 Å². The van der Waals surface area contributed by atoms with Crippen molar-refractivity contribution in [1.29, 1.82) is 0 Å². The Kier molecular flexibility index (Phi) is 3.63. The molecule has 6 heteroatoms. The van der Waals surface area contributed by atoms with Crippen LogP contribution in [0.5, 0.6) is 0 Å². The van der Waals surface area contributed by atoms with Crippen LogP contribution in [-0.4, -0.2) is 34.6 Å². The number of rotatable bonds is 2. The van der Waals surface area contributed by atoms with Crippen molar-refractivity contribution in [2.45, 2.75) is 18.4 Å². The average Bonchev–Trinajstić information content (AvgIpc) is 2.89. The van der Waals surface area contributed by atoms with Gasteiger partial charge < -0.3 is 14.4 Å². The predicted octanol–water partition coefficient (Wildman–Crippen LogP) is 2.36. The van der Waals surface area contributed by atoms with Crippen molar-refractivity contribution in [2.75, 3.05) is 13.2 Å². The molecule has 19 heavy (non-hydrogen) atoms. The van der Waals surface area contributed by atoms with E-state index >= 15 is 0 Å². The van der Waals surface area contributed by atoms with E-state index in [1.165, 1.54) is 0 Å². The summed E-state index contributed by atoms with van der Waals surface area (Å²) in [4.78, 5) is 4.37. The molecular formula is C13H13BrN2O3. The fourth-order valence-electron chi connectivity index (χ4n) is 2.10. The van der Waals surface area contributed by atoms with Crippen LogP contribution in [0.25, 0.3) is 11.4 Å². The molecule has 0 spiro atoms. The second-order valence-corrected chi connectivity index (χ2v) is 5.33. The van der Waals surface area contributed by atoms with E-state index < -0.39 is 6.10 Å². The third kappa shape index (κ3) is 2.56.